The molecule has 146 valence electrons. The minimum atomic E-state index is -0.00669. The van der Waals surface area contributed by atoms with Crippen LogP contribution in [0.5, 0.6) is 0 Å². The van der Waals surface area contributed by atoms with Crippen molar-refractivity contribution in [1.29, 1.82) is 0 Å². The van der Waals surface area contributed by atoms with Crippen LogP contribution in [0.3, 0.4) is 0 Å². The number of carbonyl (C=O) groups excluding carboxylic acids is 1. The summed E-state index contributed by atoms with van der Waals surface area (Å²) in [6.07, 6.45) is 12.8. The molecule has 1 amide bonds. The van der Waals surface area contributed by atoms with Gasteiger partial charge in [-0.05, 0) is 43.9 Å². The number of rotatable bonds is 4. The Hall–Kier alpha value is -3.13. The molecule has 0 atom stereocenters. The number of nitrogens with zero attached hydrogens (tertiary/aromatic N) is 5. The van der Waals surface area contributed by atoms with E-state index in [4.69, 9.17) is 0 Å². The van der Waals surface area contributed by atoms with Gasteiger partial charge >= 0.3 is 0 Å². The van der Waals surface area contributed by atoms with Gasteiger partial charge in [-0.2, -0.15) is 5.10 Å². The van der Waals surface area contributed by atoms with Gasteiger partial charge in [0.05, 0.1) is 39.9 Å². The predicted molar refractivity (Wildman–Crippen MR) is 112 cm³/mol. The van der Waals surface area contributed by atoms with Crippen molar-refractivity contribution >= 4 is 27.5 Å². The van der Waals surface area contributed by atoms with Gasteiger partial charge in [0.1, 0.15) is 0 Å². The van der Waals surface area contributed by atoms with Crippen LogP contribution in [0.4, 0.5) is 0 Å². The molecule has 1 N–H and O–H groups in total. The molecular weight excluding hydrogens is 384 g/mol. The van der Waals surface area contributed by atoms with Crippen molar-refractivity contribution in [1.82, 2.24) is 30.0 Å². The van der Waals surface area contributed by atoms with Crippen LogP contribution < -0.4 is 5.32 Å². The van der Waals surface area contributed by atoms with Crippen molar-refractivity contribution in [3.63, 3.8) is 0 Å². The standard InChI is InChI=1S/C21H20N6OS/c28-21(14-1-6-18-20(9-14)29-13-24-18)26-16-2-4-17(5-3-16)27-12-15(10-25-27)19-11-22-7-8-23-19/h1,6-13,16-17H,2-5H2,(H,26,28). The summed E-state index contributed by atoms with van der Waals surface area (Å²) in [5, 5.41) is 7.72. The Balaban J connectivity index is 1.19. The summed E-state index contributed by atoms with van der Waals surface area (Å²) in [6.45, 7) is 0. The highest BCUT2D eigenvalue weighted by Gasteiger charge is 2.24. The van der Waals surface area contributed by atoms with Crippen LogP contribution in [0, 0.1) is 0 Å². The van der Waals surface area contributed by atoms with E-state index < -0.39 is 0 Å². The number of aromatic nitrogens is 5. The van der Waals surface area contributed by atoms with Crippen molar-refractivity contribution in [2.45, 2.75) is 37.8 Å². The molecule has 0 aliphatic heterocycles. The summed E-state index contributed by atoms with van der Waals surface area (Å²) >= 11 is 1.55. The van der Waals surface area contributed by atoms with Crippen molar-refractivity contribution in [2.24, 2.45) is 0 Å². The van der Waals surface area contributed by atoms with Crippen LogP contribution in [-0.4, -0.2) is 36.7 Å². The molecule has 1 saturated carbocycles. The minimum Gasteiger partial charge on any atom is -0.349 e. The van der Waals surface area contributed by atoms with E-state index in [9.17, 15) is 4.79 Å². The summed E-state index contributed by atoms with van der Waals surface area (Å²) < 4.78 is 3.07. The summed E-state index contributed by atoms with van der Waals surface area (Å²) in [5.41, 5.74) is 5.25. The summed E-state index contributed by atoms with van der Waals surface area (Å²) in [6, 6.07) is 6.23. The Labute approximate surface area is 171 Å². The van der Waals surface area contributed by atoms with Gasteiger partial charge in [-0.25, -0.2) is 4.98 Å². The zero-order valence-corrected chi connectivity index (χ0v) is 16.5. The first-order valence-corrected chi connectivity index (χ1v) is 10.6. The number of nitrogens with one attached hydrogen (secondary N) is 1. The molecule has 1 aliphatic rings. The zero-order chi connectivity index (χ0) is 19.6. The topological polar surface area (TPSA) is 85.6 Å². The first kappa shape index (κ1) is 17.9. The number of carbonyl (C=O) groups is 1. The van der Waals surface area contributed by atoms with Gasteiger partial charge in [0.25, 0.3) is 5.91 Å². The molecule has 0 bridgehead atoms. The van der Waals surface area contributed by atoms with Crippen LogP contribution in [0.25, 0.3) is 21.5 Å². The SMILES string of the molecule is O=C(NC1CCC(n2cc(-c3cnccn3)cn2)CC1)c1ccc2ncsc2c1. The second-order valence-corrected chi connectivity index (χ2v) is 8.20. The van der Waals surface area contributed by atoms with Gasteiger partial charge in [-0.3, -0.25) is 19.4 Å². The smallest absolute Gasteiger partial charge is 0.251 e. The number of hydrogen-bond acceptors (Lipinski definition) is 6. The second kappa shape index (κ2) is 7.71. The minimum absolute atomic E-state index is 0.00669. The van der Waals surface area contributed by atoms with Crippen molar-refractivity contribution in [3.05, 3.63) is 60.3 Å². The molecule has 7 nitrogen and oxygen atoms in total. The van der Waals surface area contributed by atoms with Gasteiger partial charge in [-0.1, -0.05) is 0 Å². The predicted octanol–water partition coefficient (Wildman–Crippen LogP) is 3.86. The van der Waals surface area contributed by atoms with E-state index in [1.54, 1.807) is 35.4 Å². The van der Waals surface area contributed by atoms with E-state index in [0.717, 1.165) is 47.2 Å². The second-order valence-electron chi connectivity index (χ2n) is 7.31. The van der Waals surface area contributed by atoms with Gasteiger partial charge < -0.3 is 5.32 Å². The highest BCUT2D eigenvalue weighted by molar-refractivity contribution is 7.16. The fourth-order valence-electron chi connectivity index (χ4n) is 3.87. The maximum Gasteiger partial charge on any atom is 0.251 e. The lowest BCUT2D eigenvalue weighted by atomic mass is 9.91. The maximum atomic E-state index is 12.6. The number of thiazole rings is 1. The first-order valence-electron chi connectivity index (χ1n) is 9.71. The summed E-state index contributed by atoms with van der Waals surface area (Å²) in [5.74, 6) is -0.00669. The lowest BCUT2D eigenvalue weighted by Crippen LogP contribution is -2.38. The maximum absolute atomic E-state index is 12.6. The molecule has 0 unspecified atom stereocenters. The number of fused-ring (bicyclic) bond motifs is 1. The average Bonchev–Trinajstić information content (AvgIpc) is 3.44. The molecule has 1 aromatic carbocycles. The normalized spacial score (nSPS) is 19.3. The van der Waals surface area contributed by atoms with Crippen LogP contribution >= 0.6 is 11.3 Å². The Bertz CT molecular complexity index is 1130. The largest absolute Gasteiger partial charge is 0.349 e. The third kappa shape index (κ3) is 3.75. The molecule has 0 spiro atoms. The Morgan fingerprint density at radius 3 is 2.83 bits per heavy atom. The van der Waals surface area contributed by atoms with Gasteiger partial charge in [0.15, 0.2) is 0 Å². The van der Waals surface area contributed by atoms with Gasteiger partial charge in [-0.15, -0.1) is 11.3 Å². The molecule has 3 aromatic heterocycles. The molecule has 4 aromatic rings. The Morgan fingerprint density at radius 1 is 1.10 bits per heavy atom. The molecule has 0 radical (unpaired) electrons. The van der Waals surface area contributed by atoms with E-state index in [1.165, 1.54) is 0 Å². The van der Waals surface area contributed by atoms with Crippen LogP contribution in [0.2, 0.25) is 0 Å². The van der Waals surface area contributed by atoms with Crippen LogP contribution in [0.15, 0.2) is 54.7 Å². The first-order chi connectivity index (χ1) is 14.3. The molecule has 3 heterocycles. The highest BCUT2D eigenvalue weighted by Crippen LogP contribution is 2.29. The van der Waals surface area contributed by atoms with Gasteiger partial charge in [0, 0.05) is 35.8 Å². The lowest BCUT2D eigenvalue weighted by Gasteiger charge is -2.29. The quantitative estimate of drug-likeness (QED) is 0.558. The monoisotopic (exact) mass is 404 g/mol. The van der Waals surface area contributed by atoms with Crippen molar-refractivity contribution in [3.8, 4) is 11.3 Å². The Morgan fingerprint density at radius 2 is 2.00 bits per heavy atom. The van der Waals surface area contributed by atoms with E-state index >= 15 is 0 Å². The number of benzene rings is 1. The lowest BCUT2D eigenvalue weighted by molar-refractivity contribution is 0.0922. The van der Waals surface area contributed by atoms with Gasteiger partial charge in [0.2, 0.25) is 0 Å². The molecule has 1 aliphatic carbocycles. The third-order valence-corrected chi connectivity index (χ3v) is 6.25. The molecule has 5 rings (SSSR count). The molecule has 0 saturated heterocycles. The summed E-state index contributed by atoms with van der Waals surface area (Å²) in [4.78, 5) is 25.3. The average molecular weight is 404 g/mol. The molecule has 8 heteroatoms. The third-order valence-electron chi connectivity index (χ3n) is 5.46. The highest BCUT2D eigenvalue weighted by atomic mass is 32.1. The molecule has 29 heavy (non-hydrogen) atoms. The Kier molecular flexibility index (Phi) is 4.77. The number of hydrogen-bond donors (Lipinski definition) is 1. The van der Waals surface area contributed by atoms with E-state index in [-0.39, 0.29) is 11.9 Å². The van der Waals surface area contributed by atoms with Crippen LogP contribution in [0.1, 0.15) is 42.1 Å². The van der Waals surface area contributed by atoms with E-state index in [0.29, 0.717) is 11.6 Å². The summed E-state index contributed by atoms with van der Waals surface area (Å²) in [7, 11) is 0. The van der Waals surface area contributed by atoms with E-state index in [1.807, 2.05) is 35.3 Å². The number of amides is 1. The van der Waals surface area contributed by atoms with E-state index in [2.05, 4.69) is 25.4 Å². The zero-order valence-electron chi connectivity index (χ0n) is 15.7. The fraction of sp³-hybridized carbons (Fsp3) is 0.286. The van der Waals surface area contributed by atoms with Crippen molar-refractivity contribution < 1.29 is 4.79 Å². The molecule has 1 fully saturated rings. The van der Waals surface area contributed by atoms with Crippen LogP contribution in [-0.2, 0) is 0 Å². The fourth-order valence-corrected chi connectivity index (χ4v) is 4.58. The molecular formula is C21H20N6OS. The van der Waals surface area contributed by atoms with Crippen molar-refractivity contribution in [2.75, 3.05) is 0 Å².